The van der Waals surface area contributed by atoms with Crippen LogP contribution in [0.2, 0.25) is 0 Å². The molecule has 0 saturated carbocycles. The number of hydrogen-bond donors (Lipinski definition) is 0. The average molecular weight is 385 g/mol. The van der Waals surface area contributed by atoms with E-state index in [9.17, 15) is 0 Å². The molecule has 1 aliphatic heterocycles. The summed E-state index contributed by atoms with van der Waals surface area (Å²) < 4.78 is 14.9. The van der Waals surface area contributed by atoms with Crippen LogP contribution in [-0.4, -0.2) is 22.9 Å². The lowest BCUT2D eigenvalue weighted by molar-refractivity contribution is 0.00578. The van der Waals surface area contributed by atoms with Crippen LogP contribution >= 0.6 is 0 Å². The summed E-state index contributed by atoms with van der Waals surface area (Å²) in [7, 11) is -0.328. The number of benzene rings is 2. The van der Waals surface area contributed by atoms with Crippen molar-refractivity contribution in [3.8, 4) is 5.69 Å². The van der Waals surface area contributed by atoms with Crippen molar-refractivity contribution >= 4 is 29.6 Å². The molecule has 0 radical (unpaired) electrons. The van der Waals surface area contributed by atoms with Gasteiger partial charge in [-0.05, 0) is 57.8 Å². The van der Waals surface area contributed by atoms with E-state index < -0.39 is 0 Å². The summed E-state index contributed by atoms with van der Waals surface area (Å²) in [6, 6.07) is 17.4. The first-order valence-electron chi connectivity index (χ1n) is 10.5. The van der Waals surface area contributed by atoms with Gasteiger partial charge in [-0.25, -0.2) is 0 Å². The maximum atomic E-state index is 6.22. The molecule has 1 aromatic heterocycles. The molecule has 3 aromatic rings. The van der Waals surface area contributed by atoms with E-state index in [1.807, 2.05) is 0 Å². The van der Waals surface area contributed by atoms with E-state index in [4.69, 9.17) is 9.31 Å². The van der Waals surface area contributed by atoms with Crippen LogP contribution < -0.4 is 5.46 Å². The zero-order chi connectivity index (χ0) is 20.4. The quantitative estimate of drug-likeness (QED) is 0.548. The van der Waals surface area contributed by atoms with Gasteiger partial charge in [-0.15, -0.1) is 0 Å². The van der Waals surface area contributed by atoms with Crippen molar-refractivity contribution in [2.24, 2.45) is 0 Å². The first-order chi connectivity index (χ1) is 13.8. The molecule has 148 valence electrons. The molecule has 1 fully saturated rings. The predicted octanol–water partition coefficient (Wildman–Crippen LogP) is 5.45. The van der Waals surface area contributed by atoms with Crippen molar-refractivity contribution < 1.29 is 9.31 Å². The second-order valence-corrected chi connectivity index (χ2v) is 9.37. The maximum Gasteiger partial charge on any atom is 0.494 e. The van der Waals surface area contributed by atoms with Crippen molar-refractivity contribution in [3.05, 3.63) is 65.9 Å². The van der Waals surface area contributed by atoms with Gasteiger partial charge in [0.05, 0.1) is 16.7 Å². The van der Waals surface area contributed by atoms with Gasteiger partial charge in [0.15, 0.2) is 0 Å². The van der Waals surface area contributed by atoms with Crippen LogP contribution in [0.5, 0.6) is 0 Å². The van der Waals surface area contributed by atoms with Gasteiger partial charge in [-0.2, -0.15) is 0 Å². The Balaban J connectivity index is 1.58. The third-order valence-corrected chi connectivity index (χ3v) is 6.87. The zero-order valence-electron chi connectivity index (χ0n) is 17.9. The van der Waals surface area contributed by atoms with Crippen molar-refractivity contribution in [3.63, 3.8) is 0 Å². The lowest BCUT2D eigenvalue weighted by atomic mass is 9.79. The Bertz CT molecular complexity index is 1090. The van der Waals surface area contributed by atoms with Gasteiger partial charge in [0.1, 0.15) is 0 Å². The molecule has 2 heterocycles. The van der Waals surface area contributed by atoms with Crippen molar-refractivity contribution in [2.75, 3.05) is 0 Å². The lowest BCUT2D eigenvalue weighted by Gasteiger charge is -2.32. The standard InChI is InChI=1S/C25H28BNO2/c1-17-9-8-11-21-20-10-6-7-12-22(20)27(23(17)21)19-15-13-18(14-16-19)26-28-24(2,3)25(4,5)29-26/h6-8,10-17H,9H2,1-5H3. The topological polar surface area (TPSA) is 23.4 Å². The number of rotatable bonds is 2. The van der Waals surface area contributed by atoms with Crippen LogP contribution in [0.15, 0.2) is 54.6 Å². The fraction of sp³-hybridized carbons (Fsp3) is 0.360. The Labute approximate surface area is 173 Å². The molecule has 1 unspecified atom stereocenters. The molecule has 2 aromatic carbocycles. The molecule has 0 spiro atoms. The number of fused-ring (bicyclic) bond motifs is 3. The lowest BCUT2D eigenvalue weighted by Crippen LogP contribution is -2.41. The molecule has 3 nitrogen and oxygen atoms in total. The van der Waals surface area contributed by atoms with E-state index in [0.717, 1.165) is 11.9 Å². The van der Waals surface area contributed by atoms with Crippen LogP contribution in [0.4, 0.5) is 0 Å². The first-order valence-corrected chi connectivity index (χ1v) is 10.5. The van der Waals surface area contributed by atoms with Crippen LogP contribution in [0, 0.1) is 0 Å². The minimum atomic E-state index is -0.328. The van der Waals surface area contributed by atoms with E-state index in [1.54, 1.807) is 0 Å². The Morgan fingerprint density at radius 3 is 2.28 bits per heavy atom. The molecule has 0 N–H and O–H groups in total. The van der Waals surface area contributed by atoms with Gasteiger partial charge in [0.2, 0.25) is 0 Å². The highest BCUT2D eigenvalue weighted by Crippen LogP contribution is 2.39. The van der Waals surface area contributed by atoms with Crippen LogP contribution in [0.1, 0.15) is 58.2 Å². The van der Waals surface area contributed by atoms with Crippen LogP contribution in [-0.2, 0) is 9.31 Å². The van der Waals surface area contributed by atoms with Gasteiger partial charge in [-0.3, -0.25) is 0 Å². The predicted molar refractivity (Wildman–Crippen MR) is 121 cm³/mol. The highest BCUT2D eigenvalue weighted by molar-refractivity contribution is 6.62. The van der Waals surface area contributed by atoms with Gasteiger partial charge < -0.3 is 13.9 Å². The second kappa shape index (κ2) is 6.35. The molecular weight excluding hydrogens is 357 g/mol. The second-order valence-electron chi connectivity index (χ2n) is 9.37. The number of allylic oxidation sites excluding steroid dienone is 1. The van der Waals surface area contributed by atoms with Crippen molar-refractivity contribution in [1.29, 1.82) is 0 Å². The summed E-state index contributed by atoms with van der Waals surface area (Å²) in [5.41, 5.74) is 5.61. The third-order valence-electron chi connectivity index (χ3n) is 6.87. The van der Waals surface area contributed by atoms with E-state index >= 15 is 0 Å². The van der Waals surface area contributed by atoms with Gasteiger partial charge in [-0.1, -0.05) is 49.4 Å². The Hall–Kier alpha value is -2.30. The molecule has 0 bridgehead atoms. The smallest absolute Gasteiger partial charge is 0.399 e. The molecule has 4 heteroatoms. The van der Waals surface area contributed by atoms with Gasteiger partial charge in [0.25, 0.3) is 0 Å². The molecule has 5 rings (SSSR count). The average Bonchev–Trinajstić information content (AvgIpc) is 3.14. The number of nitrogens with zero attached hydrogens (tertiary/aromatic N) is 1. The summed E-state index contributed by atoms with van der Waals surface area (Å²) in [4.78, 5) is 0. The first kappa shape index (κ1) is 18.7. The maximum absolute atomic E-state index is 6.22. The molecule has 1 saturated heterocycles. The number of aromatic nitrogens is 1. The third kappa shape index (κ3) is 2.81. The SMILES string of the molecule is CC1CC=Cc2c1n(-c1ccc(B3OC(C)(C)C(C)(C)O3)cc1)c1ccccc21. The van der Waals surface area contributed by atoms with Crippen molar-refractivity contribution in [2.45, 2.75) is 58.2 Å². The normalized spacial score (nSPS) is 22.2. The Morgan fingerprint density at radius 1 is 0.931 bits per heavy atom. The fourth-order valence-corrected chi connectivity index (χ4v) is 4.49. The molecule has 29 heavy (non-hydrogen) atoms. The highest BCUT2D eigenvalue weighted by atomic mass is 16.7. The Kier molecular flexibility index (Phi) is 4.10. The summed E-state index contributed by atoms with van der Waals surface area (Å²) in [5, 5.41) is 1.32. The molecule has 1 atom stereocenters. The van der Waals surface area contributed by atoms with Crippen LogP contribution in [0.3, 0.4) is 0 Å². The minimum absolute atomic E-state index is 0.326. The van der Waals surface area contributed by atoms with Crippen molar-refractivity contribution in [1.82, 2.24) is 4.57 Å². The summed E-state index contributed by atoms with van der Waals surface area (Å²) >= 11 is 0. The zero-order valence-corrected chi connectivity index (χ0v) is 17.9. The minimum Gasteiger partial charge on any atom is -0.399 e. The summed E-state index contributed by atoms with van der Waals surface area (Å²) in [5.74, 6) is 0.491. The molecule has 0 amide bonds. The Morgan fingerprint density at radius 2 is 1.59 bits per heavy atom. The van der Waals surface area contributed by atoms with Crippen LogP contribution in [0.25, 0.3) is 22.7 Å². The van der Waals surface area contributed by atoms with E-state index in [2.05, 4.69) is 99.9 Å². The summed E-state index contributed by atoms with van der Waals surface area (Å²) in [6.45, 7) is 10.7. The van der Waals surface area contributed by atoms with E-state index in [1.165, 1.54) is 27.8 Å². The molecule has 1 aliphatic carbocycles. The van der Waals surface area contributed by atoms with E-state index in [0.29, 0.717) is 5.92 Å². The van der Waals surface area contributed by atoms with E-state index in [-0.39, 0.29) is 18.3 Å². The largest absolute Gasteiger partial charge is 0.494 e. The monoisotopic (exact) mass is 385 g/mol. The fourth-order valence-electron chi connectivity index (χ4n) is 4.49. The molecular formula is C25H28BNO2. The summed E-state index contributed by atoms with van der Waals surface area (Å²) in [6.07, 6.45) is 5.66. The number of para-hydroxylation sites is 1. The highest BCUT2D eigenvalue weighted by Gasteiger charge is 2.51. The van der Waals surface area contributed by atoms with Gasteiger partial charge in [0, 0.05) is 28.2 Å². The van der Waals surface area contributed by atoms with Gasteiger partial charge >= 0.3 is 7.12 Å². The number of hydrogen-bond acceptors (Lipinski definition) is 2. The molecule has 2 aliphatic rings.